The van der Waals surface area contributed by atoms with Crippen LogP contribution in [0.5, 0.6) is 0 Å². The Labute approximate surface area is 108 Å². The topological polar surface area (TPSA) is 53.4 Å². The number of likely N-dealkylation sites (tertiary alicyclic amines) is 1. The first kappa shape index (κ1) is 13.0. The average Bonchev–Trinajstić information content (AvgIpc) is 2.38. The van der Waals surface area contributed by atoms with Gasteiger partial charge in [0.1, 0.15) is 0 Å². The SMILES string of the molecule is O=C(O)CCC1CCCN(Cc2cccnc2)C1. The molecule has 1 N–H and O–H groups in total. The van der Waals surface area contributed by atoms with Gasteiger partial charge in [-0.15, -0.1) is 0 Å². The van der Waals surface area contributed by atoms with Gasteiger partial charge in [-0.2, -0.15) is 0 Å². The minimum atomic E-state index is -0.681. The van der Waals surface area contributed by atoms with Crippen molar-refractivity contribution in [2.75, 3.05) is 13.1 Å². The number of hydrogen-bond donors (Lipinski definition) is 1. The number of carboxylic acid groups (broad SMARTS) is 1. The summed E-state index contributed by atoms with van der Waals surface area (Å²) in [6.45, 7) is 3.05. The zero-order valence-electron chi connectivity index (χ0n) is 10.6. The van der Waals surface area contributed by atoms with E-state index in [0.717, 1.165) is 32.5 Å². The van der Waals surface area contributed by atoms with Crippen LogP contribution in [0.25, 0.3) is 0 Å². The van der Waals surface area contributed by atoms with Gasteiger partial charge in [0, 0.05) is 31.9 Å². The van der Waals surface area contributed by atoms with Crippen LogP contribution in [0.4, 0.5) is 0 Å². The van der Waals surface area contributed by atoms with Crippen LogP contribution in [0.3, 0.4) is 0 Å². The van der Waals surface area contributed by atoms with Crippen LogP contribution in [-0.2, 0) is 11.3 Å². The van der Waals surface area contributed by atoms with Crippen molar-refractivity contribution in [1.29, 1.82) is 0 Å². The molecule has 4 heteroatoms. The van der Waals surface area contributed by atoms with Crippen LogP contribution in [0.15, 0.2) is 24.5 Å². The van der Waals surface area contributed by atoms with Gasteiger partial charge < -0.3 is 5.11 Å². The molecule has 0 amide bonds. The molecule has 0 radical (unpaired) electrons. The summed E-state index contributed by atoms with van der Waals surface area (Å²) >= 11 is 0. The van der Waals surface area contributed by atoms with Gasteiger partial charge in [-0.3, -0.25) is 14.7 Å². The number of nitrogens with zero attached hydrogens (tertiary/aromatic N) is 2. The maximum atomic E-state index is 10.6. The van der Waals surface area contributed by atoms with E-state index in [4.69, 9.17) is 5.11 Å². The van der Waals surface area contributed by atoms with Gasteiger partial charge in [0.15, 0.2) is 0 Å². The maximum Gasteiger partial charge on any atom is 0.303 e. The van der Waals surface area contributed by atoms with Crippen molar-refractivity contribution in [1.82, 2.24) is 9.88 Å². The molecular weight excluding hydrogens is 228 g/mol. The lowest BCUT2D eigenvalue weighted by Crippen LogP contribution is -2.35. The van der Waals surface area contributed by atoms with E-state index in [1.165, 1.54) is 12.0 Å². The number of piperidine rings is 1. The largest absolute Gasteiger partial charge is 0.481 e. The molecule has 2 rings (SSSR count). The van der Waals surface area contributed by atoms with Gasteiger partial charge >= 0.3 is 5.97 Å². The van der Waals surface area contributed by atoms with Crippen molar-refractivity contribution in [2.24, 2.45) is 5.92 Å². The van der Waals surface area contributed by atoms with E-state index in [2.05, 4.69) is 16.0 Å². The molecule has 98 valence electrons. The molecule has 2 heterocycles. The van der Waals surface area contributed by atoms with Crippen molar-refractivity contribution < 1.29 is 9.90 Å². The van der Waals surface area contributed by atoms with E-state index in [0.29, 0.717) is 12.3 Å². The van der Waals surface area contributed by atoms with Crippen LogP contribution in [0.1, 0.15) is 31.2 Å². The minimum absolute atomic E-state index is 0.297. The zero-order valence-corrected chi connectivity index (χ0v) is 10.6. The third-order valence-electron chi connectivity index (χ3n) is 3.50. The second kappa shape index (κ2) is 6.50. The van der Waals surface area contributed by atoms with Crippen LogP contribution >= 0.6 is 0 Å². The molecule has 1 fully saturated rings. The third-order valence-corrected chi connectivity index (χ3v) is 3.50. The number of hydrogen-bond acceptors (Lipinski definition) is 3. The fourth-order valence-corrected chi connectivity index (χ4v) is 2.61. The van der Waals surface area contributed by atoms with Gasteiger partial charge in [-0.05, 0) is 43.4 Å². The number of aromatic nitrogens is 1. The first-order valence-corrected chi connectivity index (χ1v) is 6.57. The molecule has 1 saturated heterocycles. The maximum absolute atomic E-state index is 10.6. The highest BCUT2D eigenvalue weighted by atomic mass is 16.4. The Morgan fingerprint density at radius 1 is 1.56 bits per heavy atom. The highest BCUT2D eigenvalue weighted by Crippen LogP contribution is 2.22. The molecule has 1 aliphatic rings. The van der Waals surface area contributed by atoms with Crippen LogP contribution in [0, 0.1) is 5.92 Å². The Bertz CT molecular complexity index is 381. The molecule has 1 aliphatic heterocycles. The van der Waals surface area contributed by atoms with Crippen LogP contribution in [-0.4, -0.2) is 34.0 Å². The van der Waals surface area contributed by atoms with E-state index >= 15 is 0 Å². The molecule has 18 heavy (non-hydrogen) atoms. The number of carboxylic acids is 1. The third kappa shape index (κ3) is 4.11. The highest BCUT2D eigenvalue weighted by molar-refractivity contribution is 5.66. The standard InChI is InChI=1S/C14H20N2O2/c17-14(18)6-5-12-4-2-8-16(10-12)11-13-3-1-7-15-9-13/h1,3,7,9,12H,2,4-6,8,10-11H2,(H,17,18). The second-order valence-electron chi connectivity index (χ2n) is 5.04. The van der Waals surface area contributed by atoms with E-state index < -0.39 is 5.97 Å². The fourth-order valence-electron chi connectivity index (χ4n) is 2.61. The van der Waals surface area contributed by atoms with Crippen LogP contribution < -0.4 is 0 Å². The molecule has 0 spiro atoms. The predicted molar refractivity (Wildman–Crippen MR) is 69.1 cm³/mol. The molecule has 0 bridgehead atoms. The van der Waals surface area contributed by atoms with Gasteiger partial charge in [0.05, 0.1) is 0 Å². The number of pyridine rings is 1. The Balaban J connectivity index is 1.81. The van der Waals surface area contributed by atoms with E-state index in [1.54, 1.807) is 6.20 Å². The van der Waals surface area contributed by atoms with Crippen molar-refractivity contribution in [3.8, 4) is 0 Å². The van der Waals surface area contributed by atoms with Crippen molar-refractivity contribution in [2.45, 2.75) is 32.2 Å². The summed E-state index contributed by atoms with van der Waals surface area (Å²) in [5, 5.41) is 8.72. The van der Waals surface area contributed by atoms with E-state index in [1.807, 2.05) is 12.3 Å². The monoisotopic (exact) mass is 248 g/mol. The second-order valence-corrected chi connectivity index (χ2v) is 5.04. The molecular formula is C14H20N2O2. The molecule has 0 saturated carbocycles. The number of aliphatic carboxylic acids is 1. The number of carbonyl (C=O) groups is 1. The quantitative estimate of drug-likeness (QED) is 0.867. The normalized spacial score (nSPS) is 20.8. The molecule has 1 aromatic heterocycles. The molecule has 1 aromatic rings. The first-order chi connectivity index (χ1) is 8.74. The fraction of sp³-hybridized carbons (Fsp3) is 0.571. The Hall–Kier alpha value is -1.42. The van der Waals surface area contributed by atoms with Gasteiger partial charge in [0.2, 0.25) is 0 Å². The van der Waals surface area contributed by atoms with Gasteiger partial charge in [-0.1, -0.05) is 6.07 Å². The Morgan fingerprint density at radius 2 is 2.44 bits per heavy atom. The van der Waals surface area contributed by atoms with E-state index in [9.17, 15) is 4.79 Å². The lowest BCUT2D eigenvalue weighted by Gasteiger charge is -2.32. The Kier molecular flexibility index (Phi) is 4.70. The Morgan fingerprint density at radius 3 is 3.17 bits per heavy atom. The number of rotatable bonds is 5. The first-order valence-electron chi connectivity index (χ1n) is 6.57. The van der Waals surface area contributed by atoms with Crippen LogP contribution in [0.2, 0.25) is 0 Å². The van der Waals surface area contributed by atoms with Crippen molar-refractivity contribution in [3.63, 3.8) is 0 Å². The lowest BCUT2D eigenvalue weighted by molar-refractivity contribution is -0.137. The molecule has 1 unspecified atom stereocenters. The predicted octanol–water partition coefficient (Wildman–Crippen LogP) is 2.16. The molecule has 1 atom stereocenters. The zero-order chi connectivity index (χ0) is 12.8. The molecule has 0 aliphatic carbocycles. The highest BCUT2D eigenvalue weighted by Gasteiger charge is 2.20. The smallest absolute Gasteiger partial charge is 0.303 e. The summed E-state index contributed by atoms with van der Waals surface area (Å²) in [6, 6.07) is 4.05. The van der Waals surface area contributed by atoms with Crippen molar-refractivity contribution in [3.05, 3.63) is 30.1 Å². The summed E-state index contributed by atoms with van der Waals surface area (Å²) in [7, 11) is 0. The molecule has 0 aromatic carbocycles. The summed E-state index contributed by atoms with van der Waals surface area (Å²) < 4.78 is 0. The minimum Gasteiger partial charge on any atom is -0.481 e. The summed E-state index contributed by atoms with van der Waals surface area (Å²) in [5.74, 6) is -0.147. The molecule has 4 nitrogen and oxygen atoms in total. The average molecular weight is 248 g/mol. The van der Waals surface area contributed by atoms with Gasteiger partial charge in [0.25, 0.3) is 0 Å². The summed E-state index contributed by atoms with van der Waals surface area (Å²) in [5.41, 5.74) is 1.23. The summed E-state index contributed by atoms with van der Waals surface area (Å²) in [6.07, 6.45) is 7.13. The van der Waals surface area contributed by atoms with E-state index in [-0.39, 0.29) is 0 Å². The lowest BCUT2D eigenvalue weighted by atomic mass is 9.93. The van der Waals surface area contributed by atoms with Crippen molar-refractivity contribution >= 4 is 5.97 Å². The van der Waals surface area contributed by atoms with Gasteiger partial charge in [-0.25, -0.2) is 0 Å². The summed E-state index contributed by atoms with van der Waals surface area (Å²) in [4.78, 5) is 17.1.